The topological polar surface area (TPSA) is 20.2 Å². The minimum absolute atomic E-state index is 0.111. The molecule has 118 valence electrons. The lowest BCUT2D eigenvalue weighted by atomic mass is 9.67. The third-order valence-electron chi connectivity index (χ3n) is 5.04. The van der Waals surface area contributed by atoms with Gasteiger partial charge in [0.2, 0.25) is 0 Å². The Morgan fingerprint density at radius 3 is 2.67 bits per heavy atom. The van der Waals surface area contributed by atoms with Crippen molar-refractivity contribution in [3.8, 4) is 0 Å². The van der Waals surface area contributed by atoms with Crippen LogP contribution in [0.2, 0.25) is 5.02 Å². The van der Waals surface area contributed by atoms with E-state index in [1.165, 1.54) is 44.2 Å². The Morgan fingerprint density at radius 2 is 2.05 bits per heavy atom. The summed E-state index contributed by atoms with van der Waals surface area (Å²) >= 11 is 6.18. The minimum Gasteiger partial charge on any atom is -0.396 e. The van der Waals surface area contributed by atoms with E-state index in [0.29, 0.717) is 11.4 Å². The fourth-order valence-electron chi connectivity index (χ4n) is 3.55. The fourth-order valence-corrected chi connectivity index (χ4v) is 3.73. The zero-order valence-electron chi connectivity index (χ0n) is 12.9. The maximum Gasteiger partial charge on any atom is 0.123 e. The van der Waals surface area contributed by atoms with Crippen LogP contribution in [0.3, 0.4) is 0 Å². The highest BCUT2D eigenvalue weighted by Gasteiger charge is 2.35. The highest BCUT2D eigenvalue weighted by molar-refractivity contribution is 6.31. The van der Waals surface area contributed by atoms with Crippen LogP contribution in [0.5, 0.6) is 0 Å². The minimum atomic E-state index is -0.251. The van der Waals surface area contributed by atoms with Crippen LogP contribution in [-0.2, 0) is 6.42 Å². The summed E-state index contributed by atoms with van der Waals surface area (Å²) < 4.78 is 13.4. The van der Waals surface area contributed by atoms with Gasteiger partial charge in [0.25, 0.3) is 0 Å². The Balaban J connectivity index is 2.01. The van der Waals surface area contributed by atoms with Crippen molar-refractivity contribution in [1.82, 2.24) is 0 Å². The van der Waals surface area contributed by atoms with Gasteiger partial charge in [0.15, 0.2) is 0 Å². The van der Waals surface area contributed by atoms with Gasteiger partial charge in [-0.2, -0.15) is 0 Å². The predicted molar refractivity (Wildman–Crippen MR) is 86.1 cm³/mol. The van der Waals surface area contributed by atoms with Crippen molar-refractivity contribution in [3.05, 3.63) is 34.6 Å². The zero-order valence-corrected chi connectivity index (χ0v) is 13.6. The number of aliphatic hydroxyl groups excluding tert-OH is 1. The molecule has 0 radical (unpaired) electrons. The van der Waals surface area contributed by atoms with E-state index in [1.54, 1.807) is 6.07 Å². The van der Waals surface area contributed by atoms with Gasteiger partial charge in [0, 0.05) is 11.6 Å². The van der Waals surface area contributed by atoms with Gasteiger partial charge >= 0.3 is 0 Å². The van der Waals surface area contributed by atoms with E-state index in [-0.39, 0.29) is 17.8 Å². The highest BCUT2D eigenvalue weighted by atomic mass is 35.5. The molecular formula is C18H26ClFO. The molecule has 1 fully saturated rings. The second-order valence-corrected chi connectivity index (χ2v) is 7.06. The third-order valence-corrected chi connectivity index (χ3v) is 5.41. The molecule has 0 bridgehead atoms. The number of hydrogen-bond acceptors (Lipinski definition) is 1. The smallest absolute Gasteiger partial charge is 0.123 e. The van der Waals surface area contributed by atoms with E-state index in [9.17, 15) is 9.50 Å². The molecule has 2 rings (SSSR count). The molecule has 0 unspecified atom stereocenters. The highest BCUT2D eigenvalue weighted by Crippen LogP contribution is 2.43. The molecule has 1 aromatic carbocycles. The number of rotatable bonds is 6. The standard InChI is InChI=1S/C18H26ClFO/c1-2-3-4-14-7-9-18(13-21,10-8-14)12-15-11-16(20)5-6-17(15)19/h5-6,11,14,21H,2-4,7-10,12-13H2,1H3. The molecule has 1 aliphatic rings. The van der Waals surface area contributed by atoms with Crippen molar-refractivity contribution in [2.24, 2.45) is 11.3 Å². The van der Waals surface area contributed by atoms with Gasteiger partial charge in [-0.15, -0.1) is 0 Å². The monoisotopic (exact) mass is 312 g/mol. The first-order valence-corrected chi connectivity index (χ1v) is 8.51. The molecule has 0 atom stereocenters. The summed E-state index contributed by atoms with van der Waals surface area (Å²) in [6.45, 7) is 2.40. The van der Waals surface area contributed by atoms with Crippen molar-refractivity contribution >= 4 is 11.6 Å². The van der Waals surface area contributed by atoms with Crippen molar-refractivity contribution < 1.29 is 9.50 Å². The summed E-state index contributed by atoms with van der Waals surface area (Å²) in [5, 5.41) is 10.5. The zero-order chi connectivity index (χ0) is 15.3. The van der Waals surface area contributed by atoms with Crippen molar-refractivity contribution in [1.29, 1.82) is 0 Å². The molecule has 1 aliphatic carbocycles. The molecule has 1 nitrogen and oxygen atoms in total. The van der Waals surface area contributed by atoms with Crippen LogP contribution in [-0.4, -0.2) is 11.7 Å². The summed E-state index contributed by atoms with van der Waals surface area (Å²) in [4.78, 5) is 0. The Labute approximate surface area is 132 Å². The molecule has 0 heterocycles. The maximum atomic E-state index is 13.4. The number of unbranched alkanes of at least 4 members (excludes halogenated alkanes) is 1. The van der Waals surface area contributed by atoms with E-state index < -0.39 is 0 Å². The second-order valence-electron chi connectivity index (χ2n) is 6.66. The van der Waals surface area contributed by atoms with Crippen LogP contribution in [0.4, 0.5) is 4.39 Å². The molecule has 3 heteroatoms. The maximum absolute atomic E-state index is 13.4. The Hall–Kier alpha value is -0.600. The Kier molecular flexibility index (Phi) is 6.07. The van der Waals surface area contributed by atoms with Gasteiger partial charge in [-0.1, -0.05) is 37.8 Å². The summed E-state index contributed by atoms with van der Waals surface area (Å²) in [6, 6.07) is 4.52. The number of halogens is 2. The van der Waals surface area contributed by atoms with Gasteiger partial charge in [0.1, 0.15) is 5.82 Å². The van der Waals surface area contributed by atoms with Gasteiger partial charge < -0.3 is 5.11 Å². The molecule has 21 heavy (non-hydrogen) atoms. The SMILES string of the molecule is CCCCC1CCC(CO)(Cc2cc(F)ccc2Cl)CC1. The molecule has 1 N–H and O–H groups in total. The normalized spacial score (nSPS) is 26.0. The van der Waals surface area contributed by atoms with Crippen LogP contribution >= 0.6 is 11.6 Å². The molecule has 1 aromatic rings. The fraction of sp³-hybridized carbons (Fsp3) is 0.667. The van der Waals surface area contributed by atoms with Crippen molar-refractivity contribution in [2.45, 2.75) is 58.3 Å². The molecule has 0 spiro atoms. The van der Waals surface area contributed by atoms with Gasteiger partial charge in [-0.3, -0.25) is 0 Å². The molecule has 0 aliphatic heterocycles. The van der Waals surface area contributed by atoms with Crippen LogP contribution in [0, 0.1) is 17.2 Å². The second kappa shape index (κ2) is 7.60. The average Bonchev–Trinajstić information content (AvgIpc) is 2.50. The number of aliphatic hydroxyl groups is 1. The van der Waals surface area contributed by atoms with Gasteiger partial charge in [-0.25, -0.2) is 4.39 Å². The van der Waals surface area contributed by atoms with E-state index in [0.717, 1.165) is 24.3 Å². The largest absolute Gasteiger partial charge is 0.396 e. The number of hydrogen-bond donors (Lipinski definition) is 1. The Bertz CT molecular complexity index is 453. The average molecular weight is 313 g/mol. The third kappa shape index (κ3) is 4.43. The molecule has 0 amide bonds. The van der Waals surface area contributed by atoms with E-state index in [4.69, 9.17) is 11.6 Å². The molecule has 1 saturated carbocycles. The summed E-state index contributed by atoms with van der Waals surface area (Å²) in [6.07, 6.45) is 8.92. The summed E-state index contributed by atoms with van der Waals surface area (Å²) in [7, 11) is 0. The van der Waals surface area contributed by atoms with E-state index in [2.05, 4.69) is 6.92 Å². The summed E-state index contributed by atoms with van der Waals surface area (Å²) in [5.74, 6) is 0.548. The van der Waals surface area contributed by atoms with E-state index in [1.807, 2.05) is 0 Å². The molecule has 0 saturated heterocycles. The summed E-state index contributed by atoms with van der Waals surface area (Å²) in [5.41, 5.74) is 0.720. The first kappa shape index (κ1) is 16.8. The quantitative estimate of drug-likeness (QED) is 0.747. The molecular weight excluding hydrogens is 287 g/mol. The van der Waals surface area contributed by atoms with Gasteiger partial charge in [-0.05, 0) is 67.2 Å². The Morgan fingerprint density at radius 1 is 1.33 bits per heavy atom. The van der Waals surface area contributed by atoms with Crippen LogP contribution < -0.4 is 0 Å². The lowest BCUT2D eigenvalue weighted by Crippen LogP contribution is -2.33. The van der Waals surface area contributed by atoms with Crippen LogP contribution in [0.1, 0.15) is 57.4 Å². The van der Waals surface area contributed by atoms with Crippen molar-refractivity contribution in [3.63, 3.8) is 0 Å². The predicted octanol–water partition coefficient (Wildman–Crippen LogP) is 5.38. The van der Waals surface area contributed by atoms with Crippen molar-refractivity contribution in [2.75, 3.05) is 6.61 Å². The van der Waals surface area contributed by atoms with E-state index >= 15 is 0 Å². The number of benzene rings is 1. The van der Waals surface area contributed by atoms with Crippen LogP contribution in [0.25, 0.3) is 0 Å². The molecule has 0 aromatic heterocycles. The van der Waals surface area contributed by atoms with Gasteiger partial charge in [0.05, 0.1) is 0 Å². The van der Waals surface area contributed by atoms with Crippen LogP contribution in [0.15, 0.2) is 18.2 Å². The first-order chi connectivity index (χ1) is 10.1. The lowest BCUT2D eigenvalue weighted by Gasteiger charge is -2.39. The first-order valence-electron chi connectivity index (χ1n) is 8.13. The lowest BCUT2D eigenvalue weighted by molar-refractivity contribution is 0.0620.